The smallest absolute Gasteiger partial charge is 0.240 e. The van der Waals surface area contributed by atoms with Crippen LogP contribution in [0.15, 0.2) is 4.52 Å². The summed E-state index contributed by atoms with van der Waals surface area (Å²) in [6, 6.07) is 0. The zero-order valence-corrected chi connectivity index (χ0v) is 11.9. The molecule has 0 atom stereocenters. The van der Waals surface area contributed by atoms with Crippen LogP contribution in [0.3, 0.4) is 0 Å². The number of piperazine rings is 1. The van der Waals surface area contributed by atoms with Gasteiger partial charge in [0.05, 0.1) is 6.54 Å². The zero-order valence-electron chi connectivity index (χ0n) is 11.9. The van der Waals surface area contributed by atoms with Gasteiger partial charge in [-0.15, -0.1) is 0 Å². The van der Waals surface area contributed by atoms with E-state index in [9.17, 15) is 0 Å². The highest BCUT2D eigenvalue weighted by Gasteiger charge is 2.39. The number of hydrogen-bond donors (Lipinski definition) is 1. The first-order valence-corrected chi connectivity index (χ1v) is 7.21. The van der Waals surface area contributed by atoms with Crippen LogP contribution in [0.4, 0.5) is 0 Å². The molecule has 2 saturated heterocycles. The van der Waals surface area contributed by atoms with Crippen molar-refractivity contribution in [1.29, 1.82) is 0 Å². The molecule has 0 saturated carbocycles. The molecule has 2 aliphatic heterocycles. The SMILES string of the molecule is COC1(c2noc(CN3CCNCC3)n2)CCOCC1. The summed E-state index contributed by atoms with van der Waals surface area (Å²) in [5, 5.41) is 7.47. The molecule has 0 bridgehead atoms. The van der Waals surface area contributed by atoms with E-state index < -0.39 is 5.60 Å². The second-order valence-electron chi connectivity index (χ2n) is 5.35. The third-order valence-corrected chi connectivity index (χ3v) is 4.14. The molecule has 2 fully saturated rings. The summed E-state index contributed by atoms with van der Waals surface area (Å²) < 4.78 is 16.5. The Balaban J connectivity index is 1.68. The average molecular weight is 282 g/mol. The van der Waals surface area contributed by atoms with Crippen molar-refractivity contribution < 1.29 is 14.0 Å². The van der Waals surface area contributed by atoms with Crippen molar-refractivity contribution in [3.8, 4) is 0 Å². The maximum Gasteiger partial charge on any atom is 0.240 e. The lowest BCUT2D eigenvalue weighted by Crippen LogP contribution is -2.43. The van der Waals surface area contributed by atoms with Gasteiger partial charge in [-0.25, -0.2) is 0 Å². The van der Waals surface area contributed by atoms with Crippen LogP contribution in [0.5, 0.6) is 0 Å². The molecule has 20 heavy (non-hydrogen) atoms. The molecule has 0 radical (unpaired) electrons. The van der Waals surface area contributed by atoms with E-state index in [2.05, 4.69) is 20.4 Å². The molecule has 0 amide bonds. The van der Waals surface area contributed by atoms with E-state index in [0.29, 0.717) is 31.5 Å². The summed E-state index contributed by atoms with van der Waals surface area (Å²) in [7, 11) is 1.71. The lowest BCUT2D eigenvalue weighted by Gasteiger charge is -2.32. The van der Waals surface area contributed by atoms with Crippen LogP contribution in [-0.2, 0) is 21.6 Å². The van der Waals surface area contributed by atoms with Gasteiger partial charge < -0.3 is 19.3 Å². The average Bonchev–Trinajstić information content (AvgIpc) is 2.98. The zero-order chi connectivity index (χ0) is 13.8. The summed E-state index contributed by atoms with van der Waals surface area (Å²) in [6.07, 6.45) is 1.55. The monoisotopic (exact) mass is 282 g/mol. The first-order valence-electron chi connectivity index (χ1n) is 7.21. The Kier molecular flexibility index (Phi) is 4.30. The first-order chi connectivity index (χ1) is 9.82. The normalized spacial score (nSPS) is 23.9. The van der Waals surface area contributed by atoms with Gasteiger partial charge in [-0.3, -0.25) is 4.90 Å². The van der Waals surface area contributed by atoms with E-state index >= 15 is 0 Å². The maximum atomic E-state index is 5.68. The second-order valence-corrected chi connectivity index (χ2v) is 5.35. The van der Waals surface area contributed by atoms with Gasteiger partial charge in [-0.05, 0) is 0 Å². The number of rotatable bonds is 4. The number of ether oxygens (including phenoxy) is 2. The second kappa shape index (κ2) is 6.17. The standard InChI is InChI=1S/C13H22N4O3/c1-18-13(2-8-19-9-3-13)12-15-11(20-16-12)10-17-6-4-14-5-7-17/h14H,2-10H2,1H3. The predicted octanol–water partition coefficient (Wildman–Crippen LogP) is 0.127. The van der Waals surface area contributed by atoms with Crippen molar-refractivity contribution in [2.75, 3.05) is 46.5 Å². The molecule has 3 rings (SSSR count). The molecule has 0 aliphatic carbocycles. The van der Waals surface area contributed by atoms with Crippen LogP contribution in [0.1, 0.15) is 24.6 Å². The van der Waals surface area contributed by atoms with Gasteiger partial charge in [0.25, 0.3) is 0 Å². The Morgan fingerprint density at radius 2 is 2.05 bits per heavy atom. The van der Waals surface area contributed by atoms with Gasteiger partial charge in [0.15, 0.2) is 0 Å². The van der Waals surface area contributed by atoms with Gasteiger partial charge in [-0.2, -0.15) is 4.98 Å². The Hall–Kier alpha value is -1.02. The fourth-order valence-corrected chi connectivity index (χ4v) is 2.78. The van der Waals surface area contributed by atoms with E-state index in [4.69, 9.17) is 14.0 Å². The molecule has 2 aliphatic rings. The van der Waals surface area contributed by atoms with Crippen LogP contribution in [0, 0.1) is 0 Å². The molecule has 0 aromatic carbocycles. The summed E-state index contributed by atoms with van der Waals surface area (Å²) in [4.78, 5) is 6.87. The fraction of sp³-hybridized carbons (Fsp3) is 0.846. The van der Waals surface area contributed by atoms with Gasteiger partial charge >= 0.3 is 0 Å². The molecular weight excluding hydrogens is 260 g/mol. The lowest BCUT2D eigenvalue weighted by atomic mass is 9.93. The highest BCUT2D eigenvalue weighted by Crippen LogP contribution is 2.33. The first kappa shape index (κ1) is 13.9. The number of hydrogen-bond acceptors (Lipinski definition) is 7. The van der Waals surface area contributed by atoms with Gasteiger partial charge in [0.1, 0.15) is 5.60 Å². The predicted molar refractivity (Wildman–Crippen MR) is 71.2 cm³/mol. The Morgan fingerprint density at radius 3 is 2.75 bits per heavy atom. The summed E-state index contributed by atoms with van der Waals surface area (Å²) in [5.74, 6) is 1.33. The Morgan fingerprint density at radius 1 is 1.30 bits per heavy atom. The Labute approximate surface area is 118 Å². The summed E-state index contributed by atoms with van der Waals surface area (Å²) in [5.41, 5.74) is -0.441. The lowest BCUT2D eigenvalue weighted by molar-refractivity contribution is -0.101. The van der Waals surface area contributed by atoms with E-state index in [1.807, 2.05) is 0 Å². The minimum absolute atomic E-state index is 0.441. The van der Waals surface area contributed by atoms with E-state index in [-0.39, 0.29) is 0 Å². The molecule has 0 spiro atoms. The molecular formula is C13H22N4O3. The highest BCUT2D eigenvalue weighted by molar-refractivity contribution is 5.03. The molecule has 1 N–H and O–H groups in total. The fourth-order valence-electron chi connectivity index (χ4n) is 2.78. The molecule has 3 heterocycles. The molecule has 7 heteroatoms. The topological polar surface area (TPSA) is 72.7 Å². The third kappa shape index (κ3) is 2.85. The van der Waals surface area contributed by atoms with Crippen molar-refractivity contribution in [3.05, 3.63) is 11.7 Å². The van der Waals surface area contributed by atoms with Crippen molar-refractivity contribution in [3.63, 3.8) is 0 Å². The molecule has 112 valence electrons. The molecule has 7 nitrogen and oxygen atoms in total. The minimum Gasteiger partial charge on any atom is -0.381 e. The number of aromatic nitrogens is 2. The van der Waals surface area contributed by atoms with E-state index in [0.717, 1.165) is 39.0 Å². The molecule has 1 aromatic heterocycles. The van der Waals surface area contributed by atoms with Crippen molar-refractivity contribution in [2.24, 2.45) is 0 Å². The summed E-state index contributed by atoms with van der Waals surface area (Å²) in [6.45, 7) is 6.12. The number of nitrogens with zero attached hydrogens (tertiary/aromatic N) is 3. The third-order valence-electron chi connectivity index (χ3n) is 4.14. The van der Waals surface area contributed by atoms with Crippen LogP contribution in [0.2, 0.25) is 0 Å². The largest absolute Gasteiger partial charge is 0.381 e. The van der Waals surface area contributed by atoms with Gasteiger partial charge in [0.2, 0.25) is 11.7 Å². The summed E-state index contributed by atoms with van der Waals surface area (Å²) >= 11 is 0. The van der Waals surface area contributed by atoms with Gasteiger partial charge in [-0.1, -0.05) is 5.16 Å². The molecule has 1 aromatic rings. The number of nitrogens with one attached hydrogen (secondary N) is 1. The molecule has 0 unspecified atom stereocenters. The van der Waals surface area contributed by atoms with Crippen LogP contribution in [-0.4, -0.2) is 61.5 Å². The van der Waals surface area contributed by atoms with Crippen LogP contribution < -0.4 is 5.32 Å². The minimum atomic E-state index is -0.441. The van der Waals surface area contributed by atoms with Gasteiger partial charge in [0, 0.05) is 59.3 Å². The van der Waals surface area contributed by atoms with Crippen LogP contribution in [0.25, 0.3) is 0 Å². The van der Waals surface area contributed by atoms with Crippen molar-refractivity contribution in [1.82, 2.24) is 20.4 Å². The quantitative estimate of drug-likeness (QED) is 0.841. The van der Waals surface area contributed by atoms with Crippen molar-refractivity contribution in [2.45, 2.75) is 25.0 Å². The highest BCUT2D eigenvalue weighted by atomic mass is 16.5. The van der Waals surface area contributed by atoms with Crippen LogP contribution >= 0.6 is 0 Å². The Bertz CT molecular complexity index is 425. The van der Waals surface area contributed by atoms with E-state index in [1.165, 1.54) is 0 Å². The number of methoxy groups -OCH3 is 1. The van der Waals surface area contributed by atoms with Crippen molar-refractivity contribution >= 4 is 0 Å². The van der Waals surface area contributed by atoms with E-state index in [1.54, 1.807) is 7.11 Å². The maximum absolute atomic E-state index is 5.68.